The number of furan rings is 1. The van der Waals surface area contributed by atoms with Gasteiger partial charge in [0.2, 0.25) is 11.8 Å². The number of anilines is 2. The van der Waals surface area contributed by atoms with E-state index in [0.717, 1.165) is 29.5 Å². The fourth-order valence-corrected chi connectivity index (χ4v) is 5.66. The minimum atomic E-state index is -1.16. The fourth-order valence-electron chi connectivity index (χ4n) is 5.66. The van der Waals surface area contributed by atoms with Crippen LogP contribution in [-0.2, 0) is 22.7 Å². The molecule has 4 heterocycles. The summed E-state index contributed by atoms with van der Waals surface area (Å²) >= 11 is 0. The Bertz CT molecular complexity index is 1690. The van der Waals surface area contributed by atoms with E-state index in [1.54, 1.807) is 53.9 Å². The number of amides is 2. The molecule has 1 aliphatic heterocycles. The number of aryl methyl sites for hydroxylation is 1. The zero-order chi connectivity index (χ0) is 30.7. The molecule has 0 atom stereocenters. The Morgan fingerprint density at radius 2 is 1.71 bits per heavy atom. The molecule has 0 aliphatic carbocycles. The molecule has 0 saturated carbocycles. The molecule has 4 aromatic rings. The van der Waals surface area contributed by atoms with Gasteiger partial charge in [0, 0.05) is 69.8 Å². The Balaban J connectivity index is 0.00000276. The number of nitrogens with zero attached hydrogens (tertiary/aromatic N) is 5. The van der Waals surface area contributed by atoms with Crippen molar-refractivity contribution in [1.82, 2.24) is 14.5 Å². The van der Waals surface area contributed by atoms with Gasteiger partial charge < -0.3 is 23.5 Å². The van der Waals surface area contributed by atoms with E-state index in [1.807, 2.05) is 56.4 Å². The second-order valence-corrected chi connectivity index (χ2v) is 11.5. The van der Waals surface area contributed by atoms with Crippen LogP contribution >= 0.6 is 24.8 Å². The van der Waals surface area contributed by atoms with E-state index in [9.17, 15) is 14.4 Å². The van der Waals surface area contributed by atoms with Crippen molar-refractivity contribution in [3.05, 3.63) is 82.7 Å². The largest absolute Gasteiger partial charge is 0.493 e. The number of fused-ring (bicyclic) bond motifs is 2. The number of pyridine rings is 2. The second-order valence-electron chi connectivity index (χ2n) is 11.5. The molecule has 2 amide bonds. The monoisotopic (exact) mass is 657 g/mol. The molecule has 1 aromatic carbocycles. The van der Waals surface area contributed by atoms with Crippen molar-refractivity contribution in [2.24, 2.45) is 5.41 Å². The van der Waals surface area contributed by atoms with Gasteiger partial charge in [-0.2, -0.15) is 0 Å². The lowest BCUT2D eigenvalue weighted by atomic mass is 9.90. The smallest absolute Gasteiger partial charge is 0.294 e. The molecular weight excluding hydrogens is 617 g/mol. The highest BCUT2D eigenvalue weighted by Crippen LogP contribution is 2.40. The van der Waals surface area contributed by atoms with Crippen molar-refractivity contribution in [3.63, 3.8) is 0 Å². The Morgan fingerprint density at radius 1 is 0.978 bits per heavy atom. The highest BCUT2D eigenvalue weighted by atomic mass is 35.5. The predicted molar refractivity (Wildman–Crippen MR) is 181 cm³/mol. The lowest BCUT2D eigenvalue weighted by Gasteiger charge is -2.27. The van der Waals surface area contributed by atoms with Crippen LogP contribution in [0, 0.1) is 12.3 Å². The molecule has 0 unspecified atom stereocenters. The SMILES string of the molecule is CCN1C(=O)C(C)(C)C(=O)N(C)c2cc(OCCCN(CCn3cc(C)c4ccoc4c3=O)Cc3ccncc3)ccc21.Cl.Cl. The van der Waals surface area contributed by atoms with Crippen LogP contribution in [0.4, 0.5) is 11.4 Å². The number of hydrogen-bond donors (Lipinski definition) is 0. The van der Waals surface area contributed by atoms with Crippen LogP contribution in [0.1, 0.15) is 38.3 Å². The summed E-state index contributed by atoms with van der Waals surface area (Å²) in [7, 11) is 1.70. The number of carbonyl (C=O) groups is 2. The quantitative estimate of drug-likeness (QED) is 0.156. The number of carbonyl (C=O) groups excluding carboxylic acids is 2. The first-order valence-electron chi connectivity index (χ1n) is 14.7. The van der Waals surface area contributed by atoms with E-state index in [4.69, 9.17) is 9.15 Å². The Labute approximate surface area is 275 Å². The van der Waals surface area contributed by atoms with Crippen molar-refractivity contribution in [3.8, 4) is 5.75 Å². The van der Waals surface area contributed by atoms with Crippen molar-refractivity contribution >= 4 is 59.0 Å². The average Bonchev–Trinajstić information content (AvgIpc) is 3.50. The van der Waals surface area contributed by atoms with Crippen molar-refractivity contribution in [1.29, 1.82) is 0 Å². The van der Waals surface area contributed by atoms with Crippen LogP contribution in [0.5, 0.6) is 5.75 Å². The molecule has 0 saturated heterocycles. The third kappa shape index (κ3) is 7.35. The van der Waals surface area contributed by atoms with Gasteiger partial charge in [-0.05, 0) is 75.6 Å². The molecule has 0 spiro atoms. The minimum Gasteiger partial charge on any atom is -0.493 e. The van der Waals surface area contributed by atoms with Crippen LogP contribution in [0.3, 0.4) is 0 Å². The van der Waals surface area contributed by atoms with Gasteiger partial charge >= 0.3 is 0 Å². The average molecular weight is 659 g/mol. The van der Waals surface area contributed by atoms with Gasteiger partial charge in [0.1, 0.15) is 11.2 Å². The van der Waals surface area contributed by atoms with E-state index >= 15 is 0 Å². The standard InChI is InChI=1S/C33H39N5O5.2ClH/c1-6-38-27-9-8-25(20-28(27)35(5)31(40)33(3,4)32(38)41)42-18-7-15-36(22-24-10-13-34-14-11-24)16-17-37-21-23(2)26-12-19-43-29(26)30(37)39;;/h8-14,19-21H,6-7,15-18,22H2,1-5H3;2*1H. The van der Waals surface area contributed by atoms with Crippen molar-refractivity contribution in [2.45, 2.75) is 47.2 Å². The Kier molecular flexibility index (Phi) is 11.8. The highest BCUT2D eigenvalue weighted by molar-refractivity contribution is 6.20. The lowest BCUT2D eigenvalue weighted by Crippen LogP contribution is -2.47. The third-order valence-electron chi connectivity index (χ3n) is 8.13. The minimum absolute atomic E-state index is 0. The van der Waals surface area contributed by atoms with Gasteiger partial charge in [-0.3, -0.25) is 24.3 Å². The molecule has 0 fully saturated rings. The molecule has 0 radical (unpaired) electrons. The van der Waals surface area contributed by atoms with E-state index in [1.165, 1.54) is 0 Å². The van der Waals surface area contributed by atoms with Gasteiger partial charge in [-0.15, -0.1) is 24.8 Å². The van der Waals surface area contributed by atoms with Gasteiger partial charge in [-0.25, -0.2) is 0 Å². The van der Waals surface area contributed by atoms with Crippen LogP contribution < -0.4 is 20.1 Å². The topological polar surface area (TPSA) is 101 Å². The third-order valence-corrected chi connectivity index (χ3v) is 8.13. The number of hydrogen-bond acceptors (Lipinski definition) is 7. The Morgan fingerprint density at radius 3 is 2.42 bits per heavy atom. The molecule has 0 bridgehead atoms. The molecule has 10 nitrogen and oxygen atoms in total. The first-order valence-corrected chi connectivity index (χ1v) is 14.7. The first kappa shape index (κ1) is 35.6. The second kappa shape index (κ2) is 14.9. The zero-order valence-electron chi connectivity index (χ0n) is 26.3. The van der Waals surface area contributed by atoms with Crippen molar-refractivity contribution in [2.75, 3.05) is 43.1 Å². The van der Waals surface area contributed by atoms with E-state index < -0.39 is 5.41 Å². The molecule has 45 heavy (non-hydrogen) atoms. The number of aromatic nitrogens is 2. The van der Waals surface area contributed by atoms with Gasteiger partial charge in [-0.1, -0.05) is 0 Å². The van der Waals surface area contributed by atoms with Gasteiger partial charge in [0.05, 0.1) is 24.2 Å². The molecule has 12 heteroatoms. The highest BCUT2D eigenvalue weighted by Gasteiger charge is 2.45. The van der Waals surface area contributed by atoms with Gasteiger partial charge in [0.25, 0.3) is 5.56 Å². The van der Waals surface area contributed by atoms with Crippen LogP contribution in [0.25, 0.3) is 11.0 Å². The molecule has 0 N–H and O–H groups in total. The van der Waals surface area contributed by atoms with E-state index in [-0.39, 0.29) is 42.2 Å². The van der Waals surface area contributed by atoms with Crippen LogP contribution in [0.2, 0.25) is 0 Å². The van der Waals surface area contributed by atoms with Crippen molar-refractivity contribution < 1.29 is 18.7 Å². The lowest BCUT2D eigenvalue weighted by molar-refractivity contribution is -0.137. The maximum absolute atomic E-state index is 13.2. The molecule has 1 aliphatic rings. The summed E-state index contributed by atoms with van der Waals surface area (Å²) in [6.45, 7) is 10.8. The summed E-state index contributed by atoms with van der Waals surface area (Å²) in [5, 5.41) is 0.845. The predicted octanol–water partition coefficient (Wildman–Crippen LogP) is 5.47. The van der Waals surface area contributed by atoms with Crippen LogP contribution in [-0.4, -0.2) is 59.6 Å². The fraction of sp³-hybridized carbons (Fsp3) is 0.394. The Hall–Kier alpha value is -3.86. The number of benzene rings is 1. The summed E-state index contributed by atoms with van der Waals surface area (Å²) in [4.78, 5) is 48.9. The normalized spacial score (nSPS) is 14.2. The molecule has 5 rings (SSSR count). The summed E-state index contributed by atoms with van der Waals surface area (Å²) < 4.78 is 13.3. The van der Waals surface area contributed by atoms with Gasteiger partial charge in [0.15, 0.2) is 5.58 Å². The van der Waals surface area contributed by atoms with E-state index in [0.29, 0.717) is 55.5 Å². The summed E-state index contributed by atoms with van der Waals surface area (Å²) in [6, 6.07) is 11.3. The van der Waals surface area contributed by atoms with Crippen LogP contribution in [0.15, 0.2) is 70.5 Å². The number of rotatable bonds is 11. The number of halogens is 2. The summed E-state index contributed by atoms with van der Waals surface area (Å²) in [5.74, 6) is 0.172. The maximum atomic E-state index is 13.2. The van der Waals surface area contributed by atoms with E-state index in [2.05, 4.69) is 9.88 Å². The summed E-state index contributed by atoms with van der Waals surface area (Å²) in [6.07, 6.45) is 7.75. The molecule has 242 valence electrons. The molecular formula is C33H41Cl2N5O5. The molecule has 3 aromatic heterocycles. The zero-order valence-corrected chi connectivity index (χ0v) is 28.0. The summed E-state index contributed by atoms with van der Waals surface area (Å²) in [5.41, 5.74) is 2.59. The number of ether oxygens (including phenoxy) is 1. The maximum Gasteiger partial charge on any atom is 0.294 e. The first-order chi connectivity index (χ1) is 20.6.